The second-order valence-electron chi connectivity index (χ2n) is 3.87. The molecule has 0 spiro atoms. The van der Waals surface area contributed by atoms with Crippen molar-refractivity contribution in [2.24, 2.45) is 5.73 Å². The number of halogens is 1. The zero-order valence-corrected chi connectivity index (χ0v) is 10.2. The number of amides is 1. The van der Waals surface area contributed by atoms with Crippen molar-refractivity contribution in [2.45, 2.75) is 6.92 Å². The van der Waals surface area contributed by atoms with Gasteiger partial charge in [0.2, 0.25) is 5.91 Å². The van der Waals surface area contributed by atoms with E-state index in [0.29, 0.717) is 10.6 Å². The van der Waals surface area contributed by atoms with Crippen LogP contribution in [0.4, 0.5) is 0 Å². The standard InChI is InChI=1S/C14H12ClNO/c1-9-4-2-3-5-11(9)13-8-10(15)6-7-12(13)14(16)17/h2-8H,1H3,(H2,16,17). The minimum absolute atomic E-state index is 0.445. The van der Waals surface area contributed by atoms with Crippen LogP contribution in [0.3, 0.4) is 0 Å². The maximum Gasteiger partial charge on any atom is 0.249 e. The summed E-state index contributed by atoms with van der Waals surface area (Å²) in [7, 11) is 0. The van der Waals surface area contributed by atoms with Crippen molar-refractivity contribution in [1.29, 1.82) is 0 Å². The molecule has 0 radical (unpaired) electrons. The molecule has 17 heavy (non-hydrogen) atoms. The van der Waals surface area contributed by atoms with Gasteiger partial charge in [-0.15, -0.1) is 0 Å². The van der Waals surface area contributed by atoms with Crippen LogP contribution in [0.5, 0.6) is 0 Å². The van der Waals surface area contributed by atoms with Crippen LogP contribution in [-0.2, 0) is 0 Å². The molecule has 0 aromatic heterocycles. The van der Waals surface area contributed by atoms with Gasteiger partial charge in [-0.2, -0.15) is 0 Å². The number of carbonyl (C=O) groups excluding carboxylic acids is 1. The van der Waals surface area contributed by atoms with Crippen molar-refractivity contribution in [3.63, 3.8) is 0 Å². The molecule has 0 aliphatic carbocycles. The third kappa shape index (κ3) is 2.32. The van der Waals surface area contributed by atoms with Gasteiger partial charge in [-0.1, -0.05) is 35.9 Å². The molecule has 3 heteroatoms. The van der Waals surface area contributed by atoms with E-state index in [-0.39, 0.29) is 0 Å². The van der Waals surface area contributed by atoms with E-state index >= 15 is 0 Å². The first-order chi connectivity index (χ1) is 8.09. The fraction of sp³-hybridized carbons (Fsp3) is 0.0714. The quantitative estimate of drug-likeness (QED) is 0.866. The summed E-state index contributed by atoms with van der Waals surface area (Å²) in [6.07, 6.45) is 0. The van der Waals surface area contributed by atoms with Crippen molar-refractivity contribution >= 4 is 17.5 Å². The highest BCUT2D eigenvalue weighted by molar-refractivity contribution is 6.31. The minimum atomic E-state index is -0.445. The molecule has 2 aromatic carbocycles. The predicted molar refractivity (Wildman–Crippen MR) is 70.1 cm³/mol. The Morgan fingerprint density at radius 2 is 1.82 bits per heavy atom. The molecule has 0 heterocycles. The van der Waals surface area contributed by atoms with Crippen LogP contribution in [0.2, 0.25) is 5.02 Å². The molecule has 2 N–H and O–H groups in total. The Balaban J connectivity index is 2.70. The molecule has 2 rings (SSSR count). The highest BCUT2D eigenvalue weighted by atomic mass is 35.5. The molecular formula is C14H12ClNO. The molecular weight excluding hydrogens is 234 g/mol. The summed E-state index contributed by atoms with van der Waals surface area (Å²) in [6, 6.07) is 12.9. The van der Waals surface area contributed by atoms with Crippen molar-refractivity contribution in [1.82, 2.24) is 0 Å². The molecule has 0 fully saturated rings. The zero-order valence-electron chi connectivity index (χ0n) is 9.41. The molecule has 1 amide bonds. The SMILES string of the molecule is Cc1ccccc1-c1cc(Cl)ccc1C(N)=O. The van der Waals surface area contributed by atoms with Crippen LogP contribution in [-0.4, -0.2) is 5.91 Å². The summed E-state index contributed by atoms with van der Waals surface area (Å²) in [4.78, 5) is 11.4. The number of hydrogen-bond acceptors (Lipinski definition) is 1. The Morgan fingerprint density at radius 3 is 2.47 bits per heavy atom. The van der Waals surface area contributed by atoms with Gasteiger partial charge >= 0.3 is 0 Å². The lowest BCUT2D eigenvalue weighted by molar-refractivity contribution is 0.100. The van der Waals surface area contributed by atoms with Crippen LogP contribution in [0, 0.1) is 6.92 Å². The van der Waals surface area contributed by atoms with Gasteiger partial charge in [-0.05, 0) is 41.8 Å². The van der Waals surface area contributed by atoms with Crippen LogP contribution in [0.1, 0.15) is 15.9 Å². The largest absolute Gasteiger partial charge is 0.366 e. The van der Waals surface area contributed by atoms with E-state index in [1.165, 1.54) is 0 Å². The molecule has 0 aliphatic heterocycles. The molecule has 0 saturated heterocycles. The lowest BCUT2D eigenvalue weighted by Crippen LogP contribution is -2.12. The van der Waals surface area contributed by atoms with Gasteiger partial charge in [-0.25, -0.2) is 0 Å². The number of benzene rings is 2. The first-order valence-corrected chi connectivity index (χ1v) is 5.63. The molecule has 0 aliphatic rings. The van der Waals surface area contributed by atoms with Gasteiger partial charge < -0.3 is 5.73 Å². The molecule has 2 aromatic rings. The number of primary amides is 1. The van der Waals surface area contributed by atoms with Gasteiger partial charge in [0.25, 0.3) is 0 Å². The fourth-order valence-corrected chi connectivity index (χ4v) is 2.00. The maximum absolute atomic E-state index is 11.4. The summed E-state index contributed by atoms with van der Waals surface area (Å²) < 4.78 is 0. The Hall–Kier alpha value is -1.80. The van der Waals surface area contributed by atoms with E-state index < -0.39 is 5.91 Å². The summed E-state index contributed by atoms with van der Waals surface area (Å²) in [6.45, 7) is 1.99. The summed E-state index contributed by atoms with van der Waals surface area (Å²) in [5.41, 5.74) is 8.70. The number of hydrogen-bond donors (Lipinski definition) is 1. The molecule has 2 nitrogen and oxygen atoms in total. The van der Waals surface area contributed by atoms with Crippen LogP contribution >= 0.6 is 11.6 Å². The molecule has 0 bridgehead atoms. The first kappa shape index (κ1) is 11.7. The first-order valence-electron chi connectivity index (χ1n) is 5.25. The number of rotatable bonds is 2. The molecule has 0 saturated carbocycles. The van der Waals surface area contributed by atoms with Crippen LogP contribution < -0.4 is 5.73 Å². The normalized spacial score (nSPS) is 10.2. The predicted octanol–water partition coefficient (Wildman–Crippen LogP) is 3.41. The van der Waals surface area contributed by atoms with E-state index in [4.69, 9.17) is 17.3 Å². The lowest BCUT2D eigenvalue weighted by atomic mass is 9.96. The van der Waals surface area contributed by atoms with Crippen molar-refractivity contribution in [2.75, 3.05) is 0 Å². The minimum Gasteiger partial charge on any atom is -0.366 e. The average molecular weight is 246 g/mol. The summed E-state index contributed by atoms with van der Waals surface area (Å²) in [5.74, 6) is -0.445. The van der Waals surface area contributed by atoms with Crippen molar-refractivity contribution < 1.29 is 4.79 Å². The van der Waals surface area contributed by atoms with E-state index in [0.717, 1.165) is 16.7 Å². The summed E-state index contributed by atoms with van der Waals surface area (Å²) >= 11 is 5.97. The number of aryl methyl sites for hydroxylation is 1. The van der Waals surface area contributed by atoms with Crippen LogP contribution in [0.25, 0.3) is 11.1 Å². The Bertz CT molecular complexity index is 578. The third-order valence-electron chi connectivity index (χ3n) is 2.68. The van der Waals surface area contributed by atoms with E-state index in [2.05, 4.69) is 0 Å². The van der Waals surface area contributed by atoms with Crippen molar-refractivity contribution in [3.8, 4) is 11.1 Å². The van der Waals surface area contributed by atoms with Gasteiger partial charge in [0.1, 0.15) is 0 Å². The van der Waals surface area contributed by atoms with Crippen molar-refractivity contribution in [3.05, 3.63) is 58.6 Å². The zero-order chi connectivity index (χ0) is 12.4. The topological polar surface area (TPSA) is 43.1 Å². The Kier molecular flexibility index (Phi) is 3.16. The van der Waals surface area contributed by atoms with E-state index in [1.807, 2.05) is 31.2 Å². The lowest BCUT2D eigenvalue weighted by Gasteiger charge is -2.10. The number of nitrogens with two attached hydrogens (primary N) is 1. The van der Waals surface area contributed by atoms with E-state index in [1.54, 1.807) is 18.2 Å². The van der Waals surface area contributed by atoms with Gasteiger partial charge in [0.05, 0.1) is 0 Å². The molecule has 86 valence electrons. The van der Waals surface area contributed by atoms with Gasteiger partial charge in [0.15, 0.2) is 0 Å². The molecule has 0 unspecified atom stereocenters. The highest BCUT2D eigenvalue weighted by Gasteiger charge is 2.11. The fourth-order valence-electron chi connectivity index (χ4n) is 1.83. The summed E-state index contributed by atoms with van der Waals surface area (Å²) in [5, 5.41) is 0.591. The van der Waals surface area contributed by atoms with E-state index in [9.17, 15) is 4.79 Å². The average Bonchev–Trinajstić information content (AvgIpc) is 2.29. The van der Waals surface area contributed by atoms with Gasteiger partial charge in [0, 0.05) is 10.6 Å². The molecule has 0 atom stereocenters. The van der Waals surface area contributed by atoms with Crippen LogP contribution in [0.15, 0.2) is 42.5 Å². The second-order valence-corrected chi connectivity index (χ2v) is 4.31. The highest BCUT2D eigenvalue weighted by Crippen LogP contribution is 2.29. The maximum atomic E-state index is 11.4. The third-order valence-corrected chi connectivity index (χ3v) is 2.92. The number of carbonyl (C=O) groups is 1. The van der Waals surface area contributed by atoms with Gasteiger partial charge in [-0.3, -0.25) is 4.79 Å². The Morgan fingerprint density at radius 1 is 1.12 bits per heavy atom. The Labute approximate surface area is 105 Å². The smallest absolute Gasteiger partial charge is 0.249 e. The monoisotopic (exact) mass is 245 g/mol. The second kappa shape index (κ2) is 4.60.